The summed E-state index contributed by atoms with van der Waals surface area (Å²) in [6.07, 6.45) is 2.72. The zero-order chi connectivity index (χ0) is 16.5. The van der Waals surface area contributed by atoms with Gasteiger partial charge in [0.15, 0.2) is 0 Å². The van der Waals surface area contributed by atoms with Gasteiger partial charge in [-0.2, -0.15) is 5.26 Å². The smallest absolute Gasteiger partial charge is 0.309 e. The Labute approximate surface area is 137 Å². The fraction of sp³-hybridized carbons (Fsp3) is 0.556. The number of ether oxygens (including phenoxy) is 2. The molecule has 124 valence electrons. The van der Waals surface area contributed by atoms with Gasteiger partial charge < -0.3 is 14.4 Å². The Morgan fingerprint density at radius 3 is 2.61 bits per heavy atom. The number of hydrogen-bond acceptors (Lipinski definition) is 5. The molecule has 2 rings (SSSR count). The molecular weight excluding hydrogens is 292 g/mol. The molecule has 1 aromatic rings. The summed E-state index contributed by atoms with van der Waals surface area (Å²) in [6, 6.07) is 9.25. The summed E-state index contributed by atoms with van der Waals surface area (Å²) >= 11 is 0. The molecule has 1 saturated heterocycles. The van der Waals surface area contributed by atoms with Crippen LogP contribution in [0, 0.1) is 17.2 Å². The first-order chi connectivity index (χ1) is 11.2. The van der Waals surface area contributed by atoms with Gasteiger partial charge >= 0.3 is 5.97 Å². The number of rotatable bonds is 7. The van der Waals surface area contributed by atoms with Crippen molar-refractivity contribution in [3.63, 3.8) is 0 Å². The molecule has 1 fully saturated rings. The minimum absolute atomic E-state index is 0.0451. The van der Waals surface area contributed by atoms with Crippen molar-refractivity contribution in [2.45, 2.75) is 26.2 Å². The highest BCUT2D eigenvalue weighted by Crippen LogP contribution is 2.19. The number of nitriles is 1. The summed E-state index contributed by atoms with van der Waals surface area (Å²) < 4.78 is 10.8. The van der Waals surface area contributed by atoms with E-state index in [0.29, 0.717) is 18.8 Å². The molecule has 5 nitrogen and oxygen atoms in total. The van der Waals surface area contributed by atoms with Crippen molar-refractivity contribution in [1.82, 2.24) is 4.90 Å². The highest BCUT2D eigenvalue weighted by Gasteiger charge is 2.25. The Hall–Kier alpha value is -2.06. The van der Waals surface area contributed by atoms with Gasteiger partial charge in [0.25, 0.3) is 0 Å². The summed E-state index contributed by atoms with van der Waals surface area (Å²) in [5.41, 5.74) is 0.641. The highest BCUT2D eigenvalue weighted by atomic mass is 16.5. The fourth-order valence-corrected chi connectivity index (χ4v) is 2.76. The van der Waals surface area contributed by atoms with Crippen molar-refractivity contribution in [2.24, 2.45) is 5.92 Å². The zero-order valence-electron chi connectivity index (χ0n) is 13.7. The molecule has 1 heterocycles. The first kappa shape index (κ1) is 17.3. The molecule has 23 heavy (non-hydrogen) atoms. The van der Waals surface area contributed by atoms with Gasteiger partial charge in [0, 0.05) is 6.54 Å². The molecule has 1 aliphatic heterocycles. The van der Waals surface area contributed by atoms with Crippen molar-refractivity contribution >= 4 is 5.97 Å². The van der Waals surface area contributed by atoms with Crippen molar-refractivity contribution in [3.05, 3.63) is 29.8 Å². The molecule has 0 N–H and O–H groups in total. The van der Waals surface area contributed by atoms with Crippen LogP contribution in [0.1, 0.15) is 31.7 Å². The number of benzene rings is 1. The lowest BCUT2D eigenvalue weighted by molar-refractivity contribution is -0.149. The normalized spacial score (nSPS) is 15.8. The van der Waals surface area contributed by atoms with Gasteiger partial charge in [-0.15, -0.1) is 0 Å². The summed E-state index contributed by atoms with van der Waals surface area (Å²) in [5, 5.41) is 8.74. The molecule has 0 bridgehead atoms. The van der Waals surface area contributed by atoms with Crippen LogP contribution in [0.25, 0.3) is 0 Å². The zero-order valence-corrected chi connectivity index (χ0v) is 13.7. The quantitative estimate of drug-likeness (QED) is 0.571. The van der Waals surface area contributed by atoms with Gasteiger partial charge in [-0.3, -0.25) is 4.79 Å². The van der Waals surface area contributed by atoms with Gasteiger partial charge in [0.05, 0.1) is 30.8 Å². The van der Waals surface area contributed by atoms with Crippen LogP contribution in [0.5, 0.6) is 5.75 Å². The van der Waals surface area contributed by atoms with Gasteiger partial charge in [0.1, 0.15) is 5.75 Å². The third-order valence-corrected chi connectivity index (χ3v) is 4.08. The van der Waals surface area contributed by atoms with E-state index >= 15 is 0 Å². The van der Waals surface area contributed by atoms with Crippen molar-refractivity contribution in [3.8, 4) is 11.8 Å². The summed E-state index contributed by atoms with van der Waals surface area (Å²) in [4.78, 5) is 14.1. The minimum atomic E-state index is -0.0451. The second kappa shape index (κ2) is 9.16. The average Bonchev–Trinajstić information content (AvgIpc) is 2.60. The van der Waals surface area contributed by atoms with E-state index in [0.717, 1.165) is 44.6 Å². The molecule has 0 unspecified atom stereocenters. The number of hydrogen-bond donors (Lipinski definition) is 0. The van der Waals surface area contributed by atoms with Crippen LogP contribution in [0.4, 0.5) is 0 Å². The highest BCUT2D eigenvalue weighted by molar-refractivity contribution is 5.72. The van der Waals surface area contributed by atoms with E-state index in [-0.39, 0.29) is 11.9 Å². The molecule has 5 heteroatoms. The molecule has 0 amide bonds. The standard InChI is InChI=1S/C18H24N2O3/c1-2-22-18(21)16-8-11-20(12-9-16)10-3-13-23-17-6-4-15(14-19)5-7-17/h4-7,16H,2-3,8-13H2,1H3. The molecule has 0 aromatic heterocycles. The monoisotopic (exact) mass is 316 g/mol. The van der Waals surface area contributed by atoms with Gasteiger partial charge in [0.2, 0.25) is 0 Å². The van der Waals surface area contributed by atoms with E-state index < -0.39 is 0 Å². The Kier molecular flexibility index (Phi) is 6.89. The third-order valence-electron chi connectivity index (χ3n) is 4.08. The maximum absolute atomic E-state index is 11.7. The molecule has 0 spiro atoms. The molecule has 0 aliphatic carbocycles. The number of esters is 1. The maximum Gasteiger partial charge on any atom is 0.309 e. The first-order valence-electron chi connectivity index (χ1n) is 8.25. The van der Waals surface area contributed by atoms with E-state index in [1.807, 2.05) is 19.1 Å². The average molecular weight is 316 g/mol. The van der Waals surface area contributed by atoms with Crippen molar-refractivity contribution in [1.29, 1.82) is 5.26 Å². The number of carbonyl (C=O) groups is 1. The van der Waals surface area contributed by atoms with Crippen LogP contribution in [-0.4, -0.2) is 43.7 Å². The van der Waals surface area contributed by atoms with E-state index in [4.69, 9.17) is 14.7 Å². The van der Waals surface area contributed by atoms with Crippen LogP contribution < -0.4 is 4.74 Å². The molecule has 1 aliphatic rings. The van der Waals surface area contributed by atoms with Crippen LogP contribution >= 0.6 is 0 Å². The number of piperidine rings is 1. The van der Waals surface area contributed by atoms with Crippen LogP contribution in [-0.2, 0) is 9.53 Å². The SMILES string of the molecule is CCOC(=O)C1CCN(CCCOc2ccc(C#N)cc2)CC1. The van der Waals surface area contributed by atoms with E-state index in [2.05, 4.69) is 11.0 Å². The van der Waals surface area contributed by atoms with Crippen LogP contribution in [0.15, 0.2) is 24.3 Å². The van der Waals surface area contributed by atoms with Gasteiger partial charge in [-0.1, -0.05) is 0 Å². The lowest BCUT2D eigenvalue weighted by Crippen LogP contribution is -2.37. The Balaban J connectivity index is 1.60. The Morgan fingerprint density at radius 1 is 1.30 bits per heavy atom. The summed E-state index contributed by atoms with van der Waals surface area (Å²) in [5.74, 6) is 0.822. The second-order valence-corrected chi connectivity index (χ2v) is 5.71. The number of likely N-dealkylation sites (tertiary alicyclic amines) is 1. The Morgan fingerprint density at radius 2 is 2.00 bits per heavy atom. The fourth-order valence-electron chi connectivity index (χ4n) is 2.76. The number of carbonyl (C=O) groups excluding carboxylic acids is 1. The molecule has 1 aromatic carbocycles. The topological polar surface area (TPSA) is 62.6 Å². The molecular formula is C18H24N2O3. The second-order valence-electron chi connectivity index (χ2n) is 5.71. The van der Waals surface area contributed by atoms with Gasteiger partial charge in [-0.05, 0) is 63.5 Å². The largest absolute Gasteiger partial charge is 0.494 e. The van der Waals surface area contributed by atoms with Crippen LogP contribution in [0.3, 0.4) is 0 Å². The van der Waals surface area contributed by atoms with Crippen molar-refractivity contribution < 1.29 is 14.3 Å². The van der Waals surface area contributed by atoms with E-state index in [1.54, 1.807) is 12.1 Å². The molecule has 0 atom stereocenters. The van der Waals surface area contributed by atoms with E-state index in [1.165, 1.54) is 0 Å². The van der Waals surface area contributed by atoms with E-state index in [9.17, 15) is 4.79 Å². The predicted molar refractivity (Wildman–Crippen MR) is 87.1 cm³/mol. The number of nitrogens with zero attached hydrogens (tertiary/aromatic N) is 2. The first-order valence-corrected chi connectivity index (χ1v) is 8.25. The summed E-state index contributed by atoms with van der Waals surface area (Å²) in [7, 11) is 0. The minimum Gasteiger partial charge on any atom is -0.494 e. The van der Waals surface area contributed by atoms with Gasteiger partial charge in [-0.25, -0.2) is 0 Å². The van der Waals surface area contributed by atoms with Crippen molar-refractivity contribution in [2.75, 3.05) is 32.8 Å². The lowest BCUT2D eigenvalue weighted by Gasteiger charge is -2.30. The maximum atomic E-state index is 11.7. The third kappa shape index (κ3) is 5.57. The summed E-state index contributed by atoms with van der Waals surface area (Å²) in [6.45, 7) is 5.84. The predicted octanol–water partition coefficient (Wildman–Crippen LogP) is 2.60. The molecule has 0 saturated carbocycles. The van der Waals surface area contributed by atoms with Crippen LogP contribution in [0.2, 0.25) is 0 Å². The molecule has 0 radical (unpaired) electrons. The Bertz CT molecular complexity index is 528. The lowest BCUT2D eigenvalue weighted by atomic mass is 9.97.